The first-order chi connectivity index (χ1) is 15.9. The van der Waals surface area contributed by atoms with Crippen LogP contribution in [-0.2, 0) is 9.53 Å². The number of anilines is 3. The fraction of sp³-hybridized carbons (Fsp3) is 0.462. The van der Waals surface area contributed by atoms with E-state index in [1.165, 1.54) is 0 Å². The van der Waals surface area contributed by atoms with Crippen molar-refractivity contribution in [3.63, 3.8) is 0 Å². The maximum Gasteiger partial charge on any atom is 0.303 e. The van der Waals surface area contributed by atoms with E-state index >= 15 is 0 Å². The van der Waals surface area contributed by atoms with Gasteiger partial charge in [0.1, 0.15) is 0 Å². The van der Waals surface area contributed by atoms with Gasteiger partial charge < -0.3 is 20.1 Å². The fourth-order valence-corrected chi connectivity index (χ4v) is 5.48. The number of benzene rings is 2. The number of nitrogens with one attached hydrogen (secondary N) is 1. The molecule has 0 amide bonds. The van der Waals surface area contributed by atoms with Gasteiger partial charge in [0, 0.05) is 12.2 Å². The molecule has 6 nitrogen and oxygen atoms in total. The molecule has 0 spiro atoms. The molecule has 2 heterocycles. The SMILES string of the molecule is CCC(CC(=O)O)c1ccc(N2CCOCC2C(C)C)c(Nc2ccc3nc(C)sc3c2)c1. The minimum atomic E-state index is -0.764. The summed E-state index contributed by atoms with van der Waals surface area (Å²) in [5.74, 6) is -0.335. The van der Waals surface area contributed by atoms with Gasteiger partial charge in [-0.15, -0.1) is 11.3 Å². The number of aliphatic carboxylic acids is 1. The second-order valence-electron chi connectivity index (χ2n) is 9.10. The second-order valence-corrected chi connectivity index (χ2v) is 10.3. The van der Waals surface area contributed by atoms with E-state index in [2.05, 4.69) is 65.4 Å². The topological polar surface area (TPSA) is 74.7 Å². The van der Waals surface area contributed by atoms with Gasteiger partial charge in [-0.2, -0.15) is 0 Å². The number of hydrogen-bond acceptors (Lipinski definition) is 6. The summed E-state index contributed by atoms with van der Waals surface area (Å²) in [5.41, 5.74) is 5.20. The molecular formula is C26H33N3O3S. The third kappa shape index (κ3) is 5.31. The lowest BCUT2D eigenvalue weighted by Gasteiger charge is -2.40. The van der Waals surface area contributed by atoms with Crippen LogP contribution in [0.1, 0.15) is 50.1 Å². The number of nitrogens with zero attached hydrogens (tertiary/aromatic N) is 2. The molecule has 2 unspecified atom stereocenters. The van der Waals surface area contributed by atoms with Gasteiger partial charge in [-0.1, -0.05) is 26.8 Å². The molecule has 2 aromatic carbocycles. The lowest BCUT2D eigenvalue weighted by atomic mass is 9.92. The van der Waals surface area contributed by atoms with Gasteiger partial charge in [0.25, 0.3) is 0 Å². The number of aromatic nitrogens is 1. The van der Waals surface area contributed by atoms with Crippen molar-refractivity contribution in [2.75, 3.05) is 30.0 Å². The molecule has 0 aliphatic carbocycles. The van der Waals surface area contributed by atoms with Crippen molar-refractivity contribution in [2.24, 2.45) is 5.92 Å². The van der Waals surface area contributed by atoms with Crippen LogP contribution in [0.25, 0.3) is 10.2 Å². The third-order valence-electron chi connectivity index (χ3n) is 6.42. The highest BCUT2D eigenvalue weighted by Gasteiger charge is 2.28. The first kappa shape index (κ1) is 23.5. The summed E-state index contributed by atoms with van der Waals surface area (Å²) in [6, 6.07) is 12.9. The van der Waals surface area contributed by atoms with E-state index in [9.17, 15) is 9.90 Å². The van der Waals surface area contributed by atoms with Gasteiger partial charge >= 0.3 is 5.97 Å². The monoisotopic (exact) mass is 467 g/mol. The molecule has 33 heavy (non-hydrogen) atoms. The minimum Gasteiger partial charge on any atom is -0.481 e. The average molecular weight is 468 g/mol. The number of hydrogen-bond donors (Lipinski definition) is 2. The quantitative estimate of drug-likeness (QED) is 0.412. The molecule has 0 saturated carbocycles. The summed E-state index contributed by atoms with van der Waals surface area (Å²) in [7, 11) is 0. The smallest absolute Gasteiger partial charge is 0.303 e. The number of thiazole rings is 1. The van der Waals surface area contributed by atoms with Crippen LogP contribution in [0.15, 0.2) is 36.4 Å². The van der Waals surface area contributed by atoms with E-state index in [4.69, 9.17) is 4.74 Å². The predicted octanol–water partition coefficient (Wildman–Crippen LogP) is 6.18. The van der Waals surface area contributed by atoms with Crippen molar-refractivity contribution >= 4 is 44.6 Å². The largest absolute Gasteiger partial charge is 0.481 e. The predicted molar refractivity (Wildman–Crippen MR) is 136 cm³/mol. The summed E-state index contributed by atoms with van der Waals surface area (Å²) in [6.07, 6.45) is 0.914. The molecule has 1 fully saturated rings. The van der Waals surface area contributed by atoms with Crippen molar-refractivity contribution in [3.05, 3.63) is 47.0 Å². The van der Waals surface area contributed by atoms with E-state index in [0.29, 0.717) is 19.1 Å². The molecule has 2 N–H and O–H groups in total. The van der Waals surface area contributed by atoms with Crippen LogP contribution in [0, 0.1) is 12.8 Å². The molecular weight excluding hydrogens is 434 g/mol. The molecule has 2 atom stereocenters. The van der Waals surface area contributed by atoms with E-state index < -0.39 is 5.97 Å². The van der Waals surface area contributed by atoms with Crippen LogP contribution in [0.5, 0.6) is 0 Å². The Labute approximate surface area is 199 Å². The Bertz CT molecular complexity index is 1130. The van der Waals surface area contributed by atoms with Gasteiger partial charge in [-0.3, -0.25) is 4.79 Å². The molecule has 1 aliphatic rings. The van der Waals surface area contributed by atoms with Gasteiger partial charge in [-0.25, -0.2) is 4.98 Å². The van der Waals surface area contributed by atoms with Gasteiger partial charge in [-0.05, 0) is 61.1 Å². The number of morpholine rings is 1. The Morgan fingerprint density at radius 2 is 2.12 bits per heavy atom. The highest BCUT2D eigenvalue weighted by molar-refractivity contribution is 7.18. The second kappa shape index (κ2) is 10.1. The van der Waals surface area contributed by atoms with Crippen LogP contribution in [0.4, 0.5) is 17.1 Å². The lowest BCUT2D eigenvalue weighted by molar-refractivity contribution is -0.137. The van der Waals surface area contributed by atoms with Crippen LogP contribution in [0.2, 0.25) is 0 Å². The molecule has 176 valence electrons. The Balaban J connectivity index is 1.75. The van der Waals surface area contributed by atoms with Crippen LogP contribution >= 0.6 is 11.3 Å². The van der Waals surface area contributed by atoms with E-state index in [0.717, 1.165) is 50.8 Å². The molecule has 1 aliphatic heterocycles. The third-order valence-corrected chi connectivity index (χ3v) is 7.36. The molecule has 0 bridgehead atoms. The van der Waals surface area contributed by atoms with Crippen molar-refractivity contribution in [1.29, 1.82) is 0 Å². The highest BCUT2D eigenvalue weighted by atomic mass is 32.1. The zero-order valence-electron chi connectivity index (χ0n) is 19.8. The number of aryl methyl sites for hydroxylation is 1. The highest BCUT2D eigenvalue weighted by Crippen LogP contribution is 2.37. The zero-order chi connectivity index (χ0) is 23.5. The summed E-state index contributed by atoms with van der Waals surface area (Å²) in [5, 5.41) is 14.1. The van der Waals surface area contributed by atoms with Gasteiger partial charge in [0.05, 0.1) is 52.3 Å². The van der Waals surface area contributed by atoms with Crippen molar-refractivity contribution in [2.45, 2.75) is 52.5 Å². The number of carboxylic acids is 1. The maximum absolute atomic E-state index is 11.4. The number of rotatable bonds is 8. The standard InChI is InChI=1S/C26H33N3O3S/c1-5-18(13-26(30)31)19-6-9-23(29-10-11-32-15-24(29)16(2)3)22(12-19)28-20-7-8-21-25(14-20)33-17(4)27-21/h6-9,12,14,16,18,24,28H,5,10-11,13,15H2,1-4H3,(H,30,31). The number of carboxylic acid groups (broad SMARTS) is 1. The lowest BCUT2D eigenvalue weighted by Crippen LogP contribution is -2.48. The zero-order valence-corrected chi connectivity index (χ0v) is 20.6. The number of fused-ring (bicyclic) bond motifs is 1. The van der Waals surface area contributed by atoms with Gasteiger partial charge in [0.15, 0.2) is 0 Å². The fourth-order valence-electron chi connectivity index (χ4n) is 4.61. The normalized spacial score (nSPS) is 17.5. The number of carbonyl (C=O) groups is 1. The molecule has 1 saturated heterocycles. The average Bonchev–Trinajstić information content (AvgIpc) is 3.16. The summed E-state index contributed by atoms with van der Waals surface area (Å²) in [6.45, 7) is 10.8. The Kier molecular flexibility index (Phi) is 7.20. The molecule has 4 rings (SSSR count). The first-order valence-electron chi connectivity index (χ1n) is 11.7. The van der Waals surface area contributed by atoms with Crippen LogP contribution < -0.4 is 10.2 Å². The molecule has 1 aromatic heterocycles. The minimum absolute atomic E-state index is 0.0192. The van der Waals surface area contributed by atoms with Crippen LogP contribution in [-0.4, -0.2) is 41.9 Å². The van der Waals surface area contributed by atoms with E-state index in [-0.39, 0.29) is 18.4 Å². The number of ether oxygens (including phenoxy) is 1. The molecule has 3 aromatic rings. The molecule has 7 heteroatoms. The Morgan fingerprint density at radius 3 is 2.85 bits per heavy atom. The van der Waals surface area contributed by atoms with Gasteiger partial charge in [0.2, 0.25) is 0 Å². The summed E-state index contributed by atoms with van der Waals surface area (Å²) >= 11 is 1.69. The van der Waals surface area contributed by atoms with Crippen molar-refractivity contribution in [1.82, 2.24) is 4.98 Å². The summed E-state index contributed by atoms with van der Waals surface area (Å²) in [4.78, 5) is 18.4. The van der Waals surface area contributed by atoms with E-state index in [1.807, 2.05) is 13.8 Å². The summed E-state index contributed by atoms with van der Waals surface area (Å²) < 4.78 is 6.95. The van der Waals surface area contributed by atoms with Crippen molar-refractivity contribution < 1.29 is 14.6 Å². The molecule has 0 radical (unpaired) electrons. The maximum atomic E-state index is 11.4. The Hall–Kier alpha value is -2.64. The first-order valence-corrected chi connectivity index (χ1v) is 12.5. The van der Waals surface area contributed by atoms with Crippen LogP contribution in [0.3, 0.4) is 0 Å². The van der Waals surface area contributed by atoms with Crippen molar-refractivity contribution in [3.8, 4) is 0 Å². The van der Waals surface area contributed by atoms with E-state index in [1.54, 1.807) is 11.3 Å². The Morgan fingerprint density at radius 1 is 1.30 bits per heavy atom.